The van der Waals surface area contributed by atoms with E-state index in [9.17, 15) is 14.3 Å². The fourth-order valence-corrected chi connectivity index (χ4v) is 3.97. The Kier molecular flexibility index (Phi) is 4.71. The standard InChI is InChI=1S/C19H21FN6O3/c1-25-14-5-4-13(21)17(26-8-10(23-19(28)29)7-11(26)9-27)16(14)24-18(25)15-12(20)3-2-6-22-15/h2-6,10-11,23,27H,7-9,21H2,1H3,(H,28,29)/t10-,11+/m1/s1. The number of nitrogens with two attached hydrogens (primary N) is 1. The van der Waals surface area contributed by atoms with Crippen LogP contribution in [0, 0.1) is 5.82 Å². The average Bonchev–Trinajstić information content (AvgIpc) is 3.22. The summed E-state index contributed by atoms with van der Waals surface area (Å²) in [5, 5.41) is 21.3. The number of hydrogen-bond acceptors (Lipinski definition) is 6. The normalized spacial score (nSPS) is 19.1. The topological polar surface area (TPSA) is 130 Å². The van der Waals surface area contributed by atoms with Gasteiger partial charge in [0.2, 0.25) is 0 Å². The maximum absolute atomic E-state index is 14.3. The zero-order chi connectivity index (χ0) is 20.7. The lowest BCUT2D eigenvalue weighted by Crippen LogP contribution is -2.36. The number of carboxylic acid groups (broad SMARTS) is 1. The van der Waals surface area contributed by atoms with Gasteiger partial charge in [-0.1, -0.05) is 0 Å². The van der Waals surface area contributed by atoms with Gasteiger partial charge < -0.3 is 30.7 Å². The van der Waals surface area contributed by atoms with Crippen molar-refractivity contribution in [2.45, 2.75) is 18.5 Å². The van der Waals surface area contributed by atoms with Gasteiger partial charge in [0.25, 0.3) is 0 Å². The number of amides is 1. The number of pyridine rings is 1. The van der Waals surface area contributed by atoms with Crippen LogP contribution in [0.5, 0.6) is 0 Å². The highest BCUT2D eigenvalue weighted by Crippen LogP contribution is 2.38. The van der Waals surface area contributed by atoms with Gasteiger partial charge in [0.15, 0.2) is 11.6 Å². The molecule has 0 bridgehead atoms. The van der Waals surface area contributed by atoms with Crippen LogP contribution in [0.2, 0.25) is 0 Å². The van der Waals surface area contributed by atoms with Crippen LogP contribution >= 0.6 is 0 Å². The predicted molar refractivity (Wildman–Crippen MR) is 106 cm³/mol. The molecule has 9 nitrogen and oxygen atoms in total. The molecule has 2 atom stereocenters. The third kappa shape index (κ3) is 3.21. The second kappa shape index (κ2) is 7.21. The Labute approximate surface area is 165 Å². The van der Waals surface area contributed by atoms with E-state index in [0.29, 0.717) is 35.7 Å². The van der Waals surface area contributed by atoms with Crippen molar-refractivity contribution >= 4 is 28.5 Å². The highest BCUT2D eigenvalue weighted by atomic mass is 19.1. The zero-order valence-electron chi connectivity index (χ0n) is 15.7. The number of imidazole rings is 1. The third-order valence-corrected chi connectivity index (χ3v) is 5.27. The number of fused-ring (bicyclic) bond motifs is 1. The average molecular weight is 400 g/mol. The summed E-state index contributed by atoms with van der Waals surface area (Å²) in [4.78, 5) is 21.6. The van der Waals surface area contributed by atoms with Crippen LogP contribution in [-0.4, -0.2) is 56.1 Å². The summed E-state index contributed by atoms with van der Waals surface area (Å²) < 4.78 is 16.0. The van der Waals surface area contributed by atoms with E-state index in [4.69, 9.17) is 10.8 Å². The highest BCUT2D eigenvalue weighted by Gasteiger charge is 2.35. The Balaban J connectivity index is 1.85. The highest BCUT2D eigenvalue weighted by molar-refractivity contribution is 5.98. The smallest absolute Gasteiger partial charge is 0.404 e. The summed E-state index contributed by atoms with van der Waals surface area (Å²) in [6.07, 6.45) is 0.815. The van der Waals surface area contributed by atoms with Gasteiger partial charge in [0.05, 0.1) is 35.6 Å². The second-order valence-corrected chi connectivity index (χ2v) is 7.07. The number of carbonyl (C=O) groups is 1. The number of anilines is 2. The van der Waals surface area contributed by atoms with Crippen molar-refractivity contribution in [1.82, 2.24) is 19.9 Å². The number of halogens is 1. The lowest BCUT2D eigenvalue weighted by Gasteiger charge is -2.26. The van der Waals surface area contributed by atoms with Gasteiger partial charge in [0.1, 0.15) is 11.2 Å². The third-order valence-electron chi connectivity index (χ3n) is 5.27. The summed E-state index contributed by atoms with van der Waals surface area (Å²) in [5.74, 6) is -0.134. The Morgan fingerprint density at radius 1 is 1.41 bits per heavy atom. The fraction of sp³-hybridized carbons (Fsp3) is 0.316. The monoisotopic (exact) mass is 400 g/mol. The summed E-state index contributed by atoms with van der Waals surface area (Å²) in [6.45, 7) is 0.173. The molecule has 0 unspecified atom stereocenters. The van der Waals surface area contributed by atoms with Gasteiger partial charge in [-0.25, -0.2) is 19.2 Å². The number of aromatic nitrogens is 3. The van der Waals surface area contributed by atoms with Crippen molar-refractivity contribution in [3.05, 3.63) is 36.3 Å². The first-order chi connectivity index (χ1) is 13.9. The van der Waals surface area contributed by atoms with Crippen LogP contribution in [0.15, 0.2) is 30.5 Å². The number of benzene rings is 1. The molecule has 5 N–H and O–H groups in total. The fourth-order valence-electron chi connectivity index (χ4n) is 3.97. The molecule has 4 rings (SSSR count). The number of nitrogens with zero attached hydrogens (tertiary/aromatic N) is 4. The molecule has 10 heteroatoms. The SMILES string of the molecule is Cn1c(-c2ncccc2F)nc2c(N3C[C@H](NC(=O)O)C[C@H]3CO)c(N)ccc21. The largest absolute Gasteiger partial charge is 0.465 e. The van der Waals surface area contributed by atoms with Crippen molar-refractivity contribution in [3.8, 4) is 11.5 Å². The molecule has 2 aromatic heterocycles. The van der Waals surface area contributed by atoms with Crippen LogP contribution in [0.3, 0.4) is 0 Å². The van der Waals surface area contributed by atoms with Gasteiger partial charge in [-0.3, -0.25) is 0 Å². The minimum absolute atomic E-state index is 0.126. The van der Waals surface area contributed by atoms with Crippen molar-refractivity contribution in [2.75, 3.05) is 23.8 Å². The summed E-state index contributed by atoms with van der Waals surface area (Å²) in [6, 6.07) is 5.68. The van der Waals surface area contributed by atoms with Crippen LogP contribution in [0.25, 0.3) is 22.6 Å². The molecule has 29 heavy (non-hydrogen) atoms. The summed E-state index contributed by atoms with van der Waals surface area (Å²) >= 11 is 0. The maximum Gasteiger partial charge on any atom is 0.404 e. The van der Waals surface area contributed by atoms with Crippen LogP contribution in [0.4, 0.5) is 20.6 Å². The first-order valence-corrected chi connectivity index (χ1v) is 9.13. The number of aryl methyl sites for hydroxylation is 1. The van der Waals surface area contributed by atoms with Gasteiger partial charge in [-0.15, -0.1) is 0 Å². The number of nitrogens with one attached hydrogen (secondary N) is 1. The molecule has 1 aliphatic heterocycles. The first-order valence-electron chi connectivity index (χ1n) is 9.13. The number of aliphatic hydroxyl groups is 1. The van der Waals surface area contributed by atoms with Crippen molar-refractivity contribution in [2.24, 2.45) is 7.05 Å². The second-order valence-electron chi connectivity index (χ2n) is 7.07. The molecule has 152 valence electrons. The molecule has 0 spiro atoms. The van der Waals surface area contributed by atoms with E-state index < -0.39 is 11.9 Å². The Hall–Kier alpha value is -3.40. The van der Waals surface area contributed by atoms with E-state index in [0.717, 1.165) is 5.52 Å². The van der Waals surface area contributed by atoms with Crippen molar-refractivity contribution < 1.29 is 19.4 Å². The zero-order valence-corrected chi connectivity index (χ0v) is 15.7. The summed E-state index contributed by atoms with van der Waals surface area (Å²) in [5.41, 5.74) is 8.69. The number of aliphatic hydroxyl groups excluding tert-OH is 1. The molecular weight excluding hydrogens is 379 g/mol. The molecule has 1 aliphatic rings. The Morgan fingerprint density at radius 3 is 2.90 bits per heavy atom. The predicted octanol–water partition coefficient (Wildman–Crippen LogP) is 1.56. The van der Waals surface area contributed by atoms with E-state index in [1.54, 1.807) is 23.7 Å². The van der Waals surface area contributed by atoms with E-state index >= 15 is 0 Å². The van der Waals surface area contributed by atoms with Crippen LogP contribution in [-0.2, 0) is 7.05 Å². The number of rotatable bonds is 4. The molecular formula is C19H21FN6O3. The molecule has 1 saturated heterocycles. The van der Waals surface area contributed by atoms with Gasteiger partial charge in [-0.05, 0) is 30.7 Å². The molecule has 1 aromatic carbocycles. The van der Waals surface area contributed by atoms with Crippen LogP contribution < -0.4 is 16.0 Å². The molecule has 1 amide bonds. The number of nitrogen functional groups attached to an aromatic ring is 1. The quantitative estimate of drug-likeness (QED) is 0.489. The number of hydrogen-bond donors (Lipinski definition) is 4. The van der Waals surface area contributed by atoms with Gasteiger partial charge >= 0.3 is 6.09 Å². The molecule has 1 fully saturated rings. The Morgan fingerprint density at radius 2 is 2.21 bits per heavy atom. The van der Waals surface area contributed by atoms with Crippen molar-refractivity contribution in [1.29, 1.82) is 0 Å². The van der Waals surface area contributed by atoms with Gasteiger partial charge in [-0.2, -0.15) is 0 Å². The Bertz CT molecular complexity index is 1090. The van der Waals surface area contributed by atoms with Crippen molar-refractivity contribution in [3.63, 3.8) is 0 Å². The van der Waals surface area contributed by atoms with E-state index in [-0.39, 0.29) is 24.4 Å². The lowest BCUT2D eigenvalue weighted by molar-refractivity contribution is 0.190. The first kappa shape index (κ1) is 18.9. The summed E-state index contributed by atoms with van der Waals surface area (Å²) in [7, 11) is 1.76. The molecule has 0 saturated carbocycles. The minimum atomic E-state index is -1.12. The molecule has 0 radical (unpaired) electrons. The lowest BCUT2D eigenvalue weighted by atomic mass is 10.1. The molecule has 0 aliphatic carbocycles. The van der Waals surface area contributed by atoms with E-state index in [2.05, 4.69) is 15.3 Å². The van der Waals surface area contributed by atoms with Gasteiger partial charge in [0, 0.05) is 19.8 Å². The van der Waals surface area contributed by atoms with E-state index in [1.165, 1.54) is 18.3 Å². The maximum atomic E-state index is 14.3. The van der Waals surface area contributed by atoms with E-state index in [1.807, 2.05) is 4.90 Å². The minimum Gasteiger partial charge on any atom is -0.465 e. The van der Waals surface area contributed by atoms with Crippen LogP contribution in [0.1, 0.15) is 6.42 Å². The molecule has 3 heterocycles. The molecule has 3 aromatic rings.